The minimum absolute atomic E-state index is 0. The van der Waals surface area contributed by atoms with Crippen molar-refractivity contribution in [2.24, 2.45) is 64.9 Å². The van der Waals surface area contributed by atoms with Crippen LogP contribution in [0.5, 0.6) is 0 Å². The second kappa shape index (κ2) is 56.6. The molecule has 0 spiro atoms. The summed E-state index contributed by atoms with van der Waals surface area (Å²) < 4.78 is 170. The van der Waals surface area contributed by atoms with E-state index >= 15 is 0 Å². The van der Waals surface area contributed by atoms with Gasteiger partial charge >= 0.3 is 48.6 Å². The van der Waals surface area contributed by atoms with Gasteiger partial charge in [0.1, 0.15) is 17.0 Å². The molecule has 0 saturated carbocycles. The van der Waals surface area contributed by atoms with Crippen molar-refractivity contribution < 1.29 is 130 Å². The Hall–Kier alpha value is -7.71. The van der Waals surface area contributed by atoms with Gasteiger partial charge in [0.15, 0.2) is 17.3 Å². The first kappa shape index (κ1) is 117. The fourth-order valence-corrected chi connectivity index (χ4v) is 10.2. The van der Waals surface area contributed by atoms with Gasteiger partial charge in [-0.1, -0.05) is 160 Å². The van der Waals surface area contributed by atoms with Gasteiger partial charge in [0, 0.05) is 39.7 Å². The van der Waals surface area contributed by atoms with Gasteiger partial charge in [-0.05, 0) is 128 Å². The highest BCUT2D eigenvalue weighted by molar-refractivity contribution is 5.93. The van der Waals surface area contributed by atoms with Crippen LogP contribution in [0.1, 0.15) is 206 Å². The maximum atomic E-state index is 13.5. The summed E-state index contributed by atoms with van der Waals surface area (Å²) in [5.41, 5.74) is 6.09. The van der Waals surface area contributed by atoms with Crippen molar-refractivity contribution in [1.29, 1.82) is 0 Å². The highest BCUT2D eigenvalue weighted by Crippen LogP contribution is 2.37. The summed E-state index contributed by atoms with van der Waals surface area (Å²) in [6.45, 7) is 29.4. The number of amides is 3. The van der Waals surface area contributed by atoms with Crippen molar-refractivity contribution in [2.75, 3.05) is 13.7 Å². The van der Waals surface area contributed by atoms with E-state index in [-0.39, 0.29) is 98.5 Å². The number of ether oxygens (including phenoxy) is 3. The van der Waals surface area contributed by atoms with Crippen LogP contribution in [0.2, 0.25) is 0 Å². The number of ketones is 4. The predicted molar refractivity (Wildman–Crippen MR) is 422 cm³/mol. The molecule has 20 nitrogen and oxygen atoms in total. The number of carbonyl (C=O) groups is 11. The molecule has 0 aliphatic rings. The number of carboxylic acids is 1. The van der Waals surface area contributed by atoms with Gasteiger partial charge in [0.05, 0.1) is 85.0 Å². The Morgan fingerprint density at radius 1 is 0.405 bits per heavy atom. The van der Waals surface area contributed by atoms with E-state index in [1.165, 1.54) is 6.92 Å². The zero-order valence-corrected chi connectivity index (χ0v) is 71.6. The SMILES string of the molecule is CC(=O)CC(C(=O)N[C@@H](Cc1ccccc1)C(=O)CCC(C)C)C(C)C(F)(F)F.CC(C(CC(=O)OC(C)(C)C)C(=O)O)C(F)(F)F.CC(C)CCC(=O)[C@H](Cc1ccccc1)NC(=O)C(CC(=O)OC(C)(C)C)C(C)C(F)(F)F.CC(C)CCC(=O)[C@H](Cc1ccccc1)NC(=O)C(N)C(C)C(F)(F)F.CCOC(C)=O.CO.Cl.Cl. The van der Waals surface area contributed by atoms with Crippen LogP contribution in [0, 0.1) is 59.2 Å². The van der Waals surface area contributed by atoms with E-state index in [9.17, 15) is 105 Å². The minimum Gasteiger partial charge on any atom is -0.481 e. The van der Waals surface area contributed by atoms with E-state index in [1.54, 1.807) is 127 Å². The fourth-order valence-electron chi connectivity index (χ4n) is 10.2. The van der Waals surface area contributed by atoms with Gasteiger partial charge in [0.25, 0.3) is 0 Å². The molecule has 0 radical (unpaired) electrons. The van der Waals surface area contributed by atoms with Crippen LogP contribution >= 0.6 is 24.8 Å². The van der Waals surface area contributed by atoms with Crippen LogP contribution in [-0.4, -0.2) is 149 Å². The van der Waals surface area contributed by atoms with E-state index in [4.69, 9.17) is 25.4 Å². The lowest BCUT2D eigenvalue weighted by atomic mass is 9.87. The minimum atomic E-state index is -4.69. The number of halogens is 14. The third kappa shape index (κ3) is 53.6. The average Bonchev–Trinajstić information content (AvgIpc) is 0.854. The average molecular weight is 1720 g/mol. The Morgan fingerprint density at radius 3 is 0.871 bits per heavy atom. The number of benzene rings is 3. The van der Waals surface area contributed by atoms with Crippen molar-refractivity contribution in [2.45, 2.75) is 269 Å². The molecule has 0 heterocycles. The topological polar surface area (TPSA) is 318 Å². The molecule has 0 fully saturated rings. The molecular formula is C82H124Cl2F12N4O16. The first-order chi connectivity index (χ1) is 52.1. The number of Topliss-reactive ketones (excluding diaryl/α,β-unsaturated/α-hetero) is 4. The number of hydrogen-bond donors (Lipinski definition) is 6. The van der Waals surface area contributed by atoms with E-state index < -0.39 is 162 Å². The third-order valence-corrected chi connectivity index (χ3v) is 17.0. The standard InChI is InChI=1S/C25H36F3NO4.C22H30F3NO3.C19H27F3N2O2.C11H17F3O4.C4H8O2.CH4O.2ClH/c1-16(2)12-13-21(30)20(14-18-10-8-7-9-11-18)29-23(32)19(17(3)25(26,27)28)15-22(31)33-24(4,5)6;1-14(2)10-11-20(28)19(13-17-8-6-5-7-9-17)26-21(29)18(12-15(3)27)16(4)22(23,24)25;1-12(2)9-10-16(25)15(11-14-7-5-4-6-8-14)24-18(26)17(23)13(3)19(20,21)22;1-6(11(12,13)14)7(9(16)17)5-8(15)18-10(2,3)4;1-3-6-4(2)5;1-2;;/h7-11,16-17,19-20H,12-15H2,1-6H3,(H,29,32);5-9,14,16,18-19H,10-13H2,1-4H3,(H,26,29);4-8,12-13,15,17H,9-11,23H2,1-3H3,(H,24,26);6-7H,5H2,1-4H3,(H,16,17);3H2,1-2H3;2H,1H3;2*1H/t17?,19?,20-;16?,18?,19-;13?,15-,17?;;;;;/m000...../s1. The van der Waals surface area contributed by atoms with E-state index in [0.29, 0.717) is 31.8 Å². The van der Waals surface area contributed by atoms with Gasteiger partial charge in [-0.2, -0.15) is 52.7 Å². The van der Waals surface area contributed by atoms with Crippen molar-refractivity contribution in [3.8, 4) is 0 Å². The Kier molecular flexibility index (Phi) is 57.0. The lowest BCUT2D eigenvalue weighted by Crippen LogP contribution is -2.53. The molecule has 8 unspecified atom stereocenters. The summed E-state index contributed by atoms with van der Waals surface area (Å²) in [5, 5.41) is 23.2. The molecule has 116 heavy (non-hydrogen) atoms. The molecule has 7 N–H and O–H groups in total. The molecular weight excluding hydrogens is 1600 g/mol. The van der Waals surface area contributed by atoms with Gasteiger partial charge in [-0.3, -0.25) is 47.9 Å². The molecule has 0 aliphatic heterocycles. The van der Waals surface area contributed by atoms with Crippen molar-refractivity contribution >= 4 is 89.5 Å². The second-order valence-corrected chi connectivity index (χ2v) is 30.9. The third-order valence-electron chi connectivity index (χ3n) is 17.0. The Labute approximate surface area is 687 Å². The number of carboxylic acid groups (broad SMARTS) is 1. The number of alkyl halides is 12. The van der Waals surface area contributed by atoms with Crippen LogP contribution < -0.4 is 21.7 Å². The second-order valence-electron chi connectivity index (χ2n) is 30.9. The normalized spacial score (nSPS) is 14.4. The lowest BCUT2D eigenvalue weighted by Gasteiger charge is -2.28. The van der Waals surface area contributed by atoms with Gasteiger partial charge < -0.3 is 50.9 Å². The van der Waals surface area contributed by atoms with Crippen LogP contribution in [-0.2, 0) is 86.2 Å². The smallest absolute Gasteiger partial charge is 0.393 e. The molecule has 3 aromatic carbocycles. The molecule has 0 saturated heterocycles. The number of aliphatic carboxylic acids is 1. The molecule has 0 bridgehead atoms. The maximum Gasteiger partial charge on any atom is 0.393 e. The van der Waals surface area contributed by atoms with Crippen molar-refractivity contribution in [3.05, 3.63) is 108 Å². The zero-order chi connectivity index (χ0) is 89.2. The Morgan fingerprint density at radius 2 is 0.655 bits per heavy atom. The van der Waals surface area contributed by atoms with Crippen molar-refractivity contribution in [3.63, 3.8) is 0 Å². The fraction of sp³-hybridized carbons (Fsp3) is 0.646. The van der Waals surface area contributed by atoms with Gasteiger partial charge in [-0.15, -0.1) is 24.8 Å². The molecule has 34 heteroatoms. The van der Waals surface area contributed by atoms with Crippen LogP contribution in [0.3, 0.4) is 0 Å². The zero-order valence-electron chi connectivity index (χ0n) is 70.0. The number of carbonyl (C=O) groups excluding carboxylic acids is 10. The first-order valence-corrected chi connectivity index (χ1v) is 37.5. The Bertz CT molecular complexity index is 3370. The summed E-state index contributed by atoms with van der Waals surface area (Å²) >= 11 is 0. The van der Waals surface area contributed by atoms with Crippen LogP contribution in [0.4, 0.5) is 52.7 Å². The molecule has 0 aliphatic carbocycles. The molecule has 11 atom stereocenters. The van der Waals surface area contributed by atoms with Gasteiger partial charge in [0.2, 0.25) is 17.7 Å². The van der Waals surface area contributed by atoms with Crippen LogP contribution in [0.15, 0.2) is 91.0 Å². The molecule has 3 aromatic rings. The molecule has 3 amide bonds. The van der Waals surface area contributed by atoms with E-state index in [0.717, 1.165) is 58.4 Å². The highest BCUT2D eigenvalue weighted by Gasteiger charge is 2.49. The van der Waals surface area contributed by atoms with E-state index in [2.05, 4.69) is 20.7 Å². The van der Waals surface area contributed by atoms with Crippen LogP contribution in [0.25, 0.3) is 0 Å². The summed E-state index contributed by atoms with van der Waals surface area (Å²) in [5.74, 6) is -20.2. The number of aliphatic hydroxyl groups is 1. The maximum absolute atomic E-state index is 13.5. The number of nitrogens with one attached hydrogen (secondary N) is 3. The molecule has 666 valence electrons. The van der Waals surface area contributed by atoms with Gasteiger partial charge in [-0.25, -0.2) is 0 Å². The monoisotopic (exact) mass is 1720 g/mol. The van der Waals surface area contributed by atoms with Crippen molar-refractivity contribution in [1.82, 2.24) is 16.0 Å². The predicted octanol–water partition coefficient (Wildman–Crippen LogP) is 16.7. The number of esters is 3. The summed E-state index contributed by atoms with van der Waals surface area (Å²) in [4.78, 5) is 132. The summed E-state index contributed by atoms with van der Waals surface area (Å²) in [6.07, 6.45) is -17.5. The Balaban J connectivity index is -0.000000462. The summed E-state index contributed by atoms with van der Waals surface area (Å²) in [7, 11) is 1.00. The number of rotatable bonds is 36. The number of aliphatic hydroxyl groups excluding tert-OH is 1. The molecule has 0 aromatic heterocycles. The molecule has 3 rings (SSSR count). The quantitative estimate of drug-likeness (QED) is 0.0179. The number of nitrogens with two attached hydrogens (primary N) is 1. The first-order valence-electron chi connectivity index (χ1n) is 37.5. The highest BCUT2D eigenvalue weighted by atomic mass is 35.5. The summed E-state index contributed by atoms with van der Waals surface area (Å²) in [6, 6.07) is 22.3. The lowest BCUT2D eigenvalue weighted by molar-refractivity contribution is -0.195. The number of hydrogen-bond acceptors (Lipinski definition) is 16. The largest absolute Gasteiger partial charge is 0.481 e. The van der Waals surface area contributed by atoms with E-state index in [1.807, 2.05) is 53.7 Å².